The number of hydrogen-bond donors (Lipinski definition) is 1. The number of rotatable bonds is 5. The van der Waals surface area contributed by atoms with E-state index in [0.29, 0.717) is 29.0 Å². The second kappa shape index (κ2) is 6.41. The molecule has 0 aliphatic heterocycles. The van der Waals surface area contributed by atoms with Crippen LogP contribution in [0.5, 0.6) is 0 Å². The summed E-state index contributed by atoms with van der Waals surface area (Å²) in [4.78, 5) is 13.9. The molecule has 1 aliphatic rings. The summed E-state index contributed by atoms with van der Waals surface area (Å²) in [5, 5.41) is 18.0. The lowest BCUT2D eigenvalue weighted by Crippen LogP contribution is -2.38. The summed E-state index contributed by atoms with van der Waals surface area (Å²) in [6, 6.07) is 0.391. The fraction of sp³-hybridized carbons (Fsp3) is 0.688. The average molecular weight is 291 g/mol. The molecule has 0 bridgehead atoms. The summed E-state index contributed by atoms with van der Waals surface area (Å²) in [5.74, 6) is 0.0918. The van der Waals surface area contributed by atoms with Gasteiger partial charge in [0.05, 0.1) is 5.69 Å². The SMILES string of the molecule is Cc1nnc(N(CC(C)C)C2CCCC2)c(C(=O)O)c1C. The number of anilines is 1. The fourth-order valence-electron chi connectivity index (χ4n) is 3.07. The van der Waals surface area contributed by atoms with Crippen LogP contribution < -0.4 is 4.90 Å². The molecule has 1 aliphatic carbocycles. The summed E-state index contributed by atoms with van der Waals surface area (Å²) in [6.45, 7) is 8.75. The lowest BCUT2D eigenvalue weighted by molar-refractivity contribution is 0.0695. The van der Waals surface area contributed by atoms with Crippen molar-refractivity contribution in [1.82, 2.24) is 10.2 Å². The van der Waals surface area contributed by atoms with E-state index in [9.17, 15) is 9.90 Å². The van der Waals surface area contributed by atoms with E-state index in [4.69, 9.17) is 0 Å². The van der Waals surface area contributed by atoms with Gasteiger partial charge in [0, 0.05) is 12.6 Å². The van der Waals surface area contributed by atoms with Gasteiger partial charge in [0.25, 0.3) is 0 Å². The van der Waals surface area contributed by atoms with Crippen LogP contribution in [-0.4, -0.2) is 33.9 Å². The van der Waals surface area contributed by atoms with Gasteiger partial charge in [-0.2, -0.15) is 5.10 Å². The first-order valence-electron chi connectivity index (χ1n) is 7.75. The molecule has 0 atom stereocenters. The largest absolute Gasteiger partial charge is 0.478 e. The van der Waals surface area contributed by atoms with E-state index >= 15 is 0 Å². The van der Waals surface area contributed by atoms with E-state index in [1.165, 1.54) is 12.8 Å². The maximum atomic E-state index is 11.7. The van der Waals surface area contributed by atoms with Crippen LogP contribution in [0.3, 0.4) is 0 Å². The second-order valence-electron chi connectivity index (χ2n) is 6.40. The topological polar surface area (TPSA) is 66.3 Å². The minimum atomic E-state index is -0.910. The molecule has 0 spiro atoms. The van der Waals surface area contributed by atoms with Crippen LogP contribution >= 0.6 is 0 Å². The van der Waals surface area contributed by atoms with E-state index in [1.54, 1.807) is 6.92 Å². The van der Waals surface area contributed by atoms with Crippen LogP contribution in [0.25, 0.3) is 0 Å². The third-order valence-electron chi connectivity index (χ3n) is 4.25. The van der Waals surface area contributed by atoms with Crippen molar-refractivity contribution in [2.45, 2.75) is 59.4 Å². The third-order valence-corrected chi connectivity index (χ3v) is 4.25. The Morgan fingerprint density at radius 2 is 1.90 bits per heavy atom. The van der Waals surface area contributed by atoms with Crippen molar-refractivity contribution in [1.29, 1.82) is 0 Å². The lowest BCUT2D eigenvalue weighted by atomic mass is 10.1. The normalized spacial score (nSPS) is 15.7. The number of aromatic carboxylic acids is 1. The Morgan fingerprint density at radius 3 is 2.43 bits per heavy atom. The summed E-state index contributed by atoms with van der Waals surface area (Å²) in [7, 11) is 0. The predicted molar refractivity (Wildman–Crippen MR) is 82.9 cm³/mol. The molecule has 21 heavy (non-hydrogen) atoms. The molecular formula is C16H25N3O2. The molecule has 1 saturated carbocycles. The number of hydrogen-bond acceptors (Lipinski definition) is 4. The Bertz CT molecular complexity index is 522. The van der Waals surface area contributed by atoms with Crippen molar-refractivity contribution in [3.05, 3.63) is 16.8 Å². The molecule has 2 rings (SSSR count). The maximum Gasteiger partial charge on any atom is 0.339 e. The summed E-state index contributed by atoms with van der Waals surface area (Å²) in [6.07, 6.45) is 4.64. The number of nitrogens with zero attached hydrogens (tertiary/aromatic N) is 3. The first kappa shape index (κ1) is 15.7. The zero-order chi connectivity index (χ0) is 15.6. The molecule has 0 saturated heterocycles. The highest BCUT2D eigenvalue weighted by Crippen LogP contribution is 2.31. The summed E-state index contributed by atoms with van der Waals surface area (Å²) < 4.78 is 0. The Morgan fingerprint density at radius 1 is 1.29 bits per heavy atom. The van der Waals surface area contributed by atoms with Crippen molar-refractivity contribution in [2.75, 3.05) is 11.4 Å². The Labute approximate surface area is 126 Å². The van der Waals surface area contributed by atoms with Gasteiger partial charge in [-0.05, 0) is 38.2 Å². The standard InChI is InChI=1S/C16H25N3O2/c1-10(2)9-19(13-7-5-6-8-13)15-14(16(20)21)11(3)12(4)17-18-15/h10,13H,5-9H2,1-4H3,(H,20,21). The van der Waals surface area contributed by atoms with E-state index in [-0.39, 0.29) is 0 Å². The molecule has 0 unspecified atom stereocenters. The molecule has 1 heterocycles. The molecule has 1 N–H and O–H groups in total. The maximum absolute atomic E-state index is 11.7. The fourth-order valence-corrected chi connectivity index (χ4v) is 3.07. The van der Waals surface area contributed by atoms with Gasteiger partial charge >= 0.3 is 5.97 Å². The highest BCUT2D eigenvalue weighted by molar-refractivity contribution is 5.95. The van der Waals surface area contributed by atoms with Gasteiger partial charge < -0.3 is 10.0 Å². The minimum absolute atomic E-state index is 0.315. The predicted octanol–water partition coefficient (Wildman–Crippen LogP) is 3.20. The average Bonchev–Trinajstić information content (AvgIpc) is 2.92. The van der Waals surface area contributed by atoms with Crippen molar-refractivity contribution in [2.24, 2.45) is 5.92 Å². The van der Waals surface area contributed by atoms with E-state index in [2.05, 4.69) is 28.9 Å². The van der Waals surface area contributed by atoms with E-state index in [0.717, 1.165) is 24.9 Å². The highest BCUT2D eigenvalue weighted by atomic mass is 16.4. The molecule has 1 fully saturated rings. The van der Waals surface area contributed by atoms with Gasteiger partial charge in [0.15, 0.2) is 5.82 Å². The summed E-state index contributed by atoms with van der Waals surface area (Å²) >= 11 is 0. The van der Waals surface area contributed by atoms with Gasteiger partial charge in [-0.3, -0.25) is 0 Å². The molecule has 5 heteroatoms. The minimum Gasteiger partial charge on any atom is -0.478 e. The van der Waals surface area contributed by atoms with Crippen molar-refractivity contribution < 1.29 is 9.90 Å². The second-order valence-corrected chi connectivity index (χ2v) is 6.40. The van der Waals surface area contributed by atoms with Gasteiger partial charge in [-0.1, -0.05) is 26.7 Å². The third kappa shape index (κ3) is 3.34. The van der Waals surface area contributed by atoms with Crippen LogP contribution in [0, 0.1) is 19.8 Å². The first-order valence-corrected chi connectivity index (χ1v) is 7.75. The van der Waals surface area contributed by atoms with Crippen LogP contribution in [0.1, 0.15) is 61.1 Å². The van der Waals surface area contributed by atoms with Gasteiger partial charge in [0.2, 0.25) is 0 Å². The Hall–Kier alpha value is -1.65. The number of carbonyl (C=O) groups is 1. The molecule has 0 aromatic carbocycles. The molecule has 0 amide bonds. The van der Waals surface area contributed by atoms with Crippen LogP contribution in [-0.2, 0) is 0 Å². The molecular weight excluding hydrogens is 266 g/mol. The number of aromatic nitrogens is 2. The number of carboxylic acid groups (broad SMARTS) is 1. The van der Waals surface area contributed by atoms with E-state index < -0.39 is 5.97 Å². The van der Waals surface area contributed by atoms with Gasteiger partial charge in [-0.15, -0.1) is 5.10 Å². The monoisotopic (exact) mass is 291 g/mol. The molecule has 0 radical (unpaired) electrons. The number of carboxylic acids is 1. The first-order chi connectivity index (χ1) is 9.91. The molecule has 1 aromatic heterocycles. The highest BCUT2D eigenvalue weighted by Gasteiger charge is 2.29. The van der Waals surface area contributed by atoms with Crippen molar-refractivity contribution in [3.8, 4) is 0 Å². The zero-order valence-electron chi connectivity index (χ0n) is 13.4. The number of aryl methyl sites for hydroxylation is 1. The van der Waals surface area contributed by atoms with Gasteiger partial charge in [0.1, 0.15) is 5.56 Å². The molecule has 5 nitrogen and oxygen atoms in total. The van der Waals surface area contributed by atoms with Crippen molar-refractivity contribution in [3.63, 3.8) is 0 Å². The Balaban J connectivity index is 2.48. The van der Waals surface area contributed by atoms with Crippen LogP contribution in [0.15, 0.2) is 0 Å². The van der Waals surface area contributed by atoms with Gasteiger partial charge in [-0.25, -0.2) is 4.79 Å². The van der Waals surface area contributed by atoms with Crippen molar-refractivity contribution >= 4 is 11.8 Å². The zero-order valence-corrected chi connectivity index (χ0v) is 13.4. The molecule has 1 aromatic rings. The Kier molecular flexibility index (Phi) is 4.80. The summed E-state index contributed by atoms with van der Waals surface area (Å²) in [5.41, 5.74) is 1.72. The van der Waals surface area contributed by atoms with E-state index in [1.807, 2.05) is 6.92 Å². The van der Waals surface area contributed by atoms with Crippen LogP contribution in [0.2, 0.25) is 0 Å². The molecule has 116 valence electrons. The lowest BCUT2D eigenvalue weighted by Gasteiger charge is -2.32. The quantitative estimate of drug-likeness (QED) is 0.902. The van der Waals surface area contributed by atoms with Crippen LogP contribution in [0.4, 0.5) is 5.82 Å². The smallest absolute Gasteiger partial charge is 0.339 e.